The Labute approximate surface area is 115 Å². The van der Waals surface area contributed by atoms with Crippen LogP contribution in [0.1, 0.15) is 68.6 Å². The van der Waals surface area contributed by atoms with E-state index in [1.54, 1.807) is 13.0 Å². The van der Waals surface area contributed by atoms with E-state index in [0.29, 0.717) is 11.1 Å². The molecule has 0 aromatic heterocycles. The number of benzene rings is 1. The predicted molar refractivity (Wildman–Crippen MR) is 77.2 cm³/mol. The summed E-state index contributed by atoms with van der Waals surface area (Å²) in [5, 5.41) is 19.9. The summed E-state index contributed by atoms with van der Waals surface area (Å²) < 4.78 is 0. The summed E-state index contributed by atoms with van der Waals surface area (Å²) in [5.41, 5.74) is 1.71. The van der Waals surface area contributed by atoms with Crippen molar-refractivity contribution < 1.29 is 15.0 Å². The van der Waals surface area contributed by atoms with Gasteiger partial charge in [0.25, 0.3) is 0 Å². The molecule has 19 heavy (non-hydrogen) atoms. The molecule has 0 saturated heterocycles. The minimum atomic E-state index is -0.950. The van der Waals surface area contributed by atoms with Crippen molar-refractivity contribution >= 4 is 5.97 Å². The molecule has 106 valence electrons. The number of hydrogen-bond acceptors (Lipinski definition) is 2. The average Bonchev–Trinajstić information content (AvgIpc) is 2.12. The lowest BCUT2D eigenvalue weighted by Gasteiger charge is -2.29. The van der Waals surface area contributed by atoms with Crippen LogP contribution in [0.25, 0.3) is 0 Å². The molecule has 0 atom stereocenters. The number of carboxylic acids is 1. The Morgan fingerprint density at radius 1 is 1.05 bits per heavy atom. The molecular formula is C16H24O3. The van der Waals surface area contributed by atoms with Gasteiger partial charge in [-0.05, 0) is 29.4 Å². The summed E-state index contributed by atoms with van der Waals surface area (Å²) >= 11 is 0. The molecule has 0 heterocycles. The van der Waals surface area contributed by atoms with Gasteiger partial charge in [-0.1, -0.05) is 41.5 Å². The van der Waals surface area contributed by atoms with E-state index < -0.39 is 5.97 Å². The molecule has 1 rings (SSSR count). The molecule has 0 bridgehead atoms. The van der Waals surface area contributed by atoms with Crippen molar-refractivity contribution in [1.82, 2.24) is 0 Å². The van der Waals surface area contributed by atoms with E-state index in [9.17, 15) is 15.0 Å². The standard InChI is InChI=1S/C16H24O3/c1-9-10(14(18)19)8-11(15(2,3)4)13(17)12(9)16(5,6)7/h8,17H,1-7H3,(H,18,19). The maximum atomic E-state index is 11.4. The van der Waals surface area contributed by atoms with Gasteiger partial charge in [0.15, 0.2) is 0 Å². The minimum Gasteiger partial charge on any atom is -0.507 e. The van der Waals surface area contributed by atoms with Gasteiger partial charge in [-0.2, -0.15) is 0 Å². The highest BCUT2D eigenvalue weighted by Crippen LogP contribution is 2.42. The second-order valence-electron chi connectivity index (χ2n) is 7.13. The smallest absolute Gasteiger partial charge is 0.335 e. The van der Waals surface area contributed by atoms with Crippen LogP contribution in [0.2, 0.25) is 0 Å². The molecule has 3 heteroatoms. The molecule has 0 aliphatic carbocycles. The van der Waals surface area contributed by atoms with Gasteiger partial charge in [0, 0.05) is 11.1 Å². The molecule has 3 nitrogen and oxygen atoms in total. The molecule has 2 N–H and O–H groups in total. The van der Waals surface area contributed by atoms with Gasteiger partial charge in [0.1, 0.15) is 5.75 Å². The third-order valence-corrected chi connectivity index (χ3v) is 3.35. The monoisotopic (exact) mass is 264 g/mol. The number of phenols is 1. The predicted octanol–water partition coefficient (Wildman–Crippen LogP) is 3.99. The van der Waals surface area contributed by atoms with Gasteiger partial charge in [-0.25, -0.2) is 4.79 Å². The Bertz CT molecular complexity index is 514. The van der Waals surface area contributed by atoms with Crippen molar-refractivity contribution in [3.63, 3.8) is 0 Å². The lowest BCUT2D eigenvalue weighted by molar-refractivity contribution is 0.0695. The summed E-state index contributed by atoms with van der Waals surface area (Å²) in [6, 6.07) is 1.60. The summed E-state index contributed by atoms with van der Waals surface area (Å²) in [6.07, 6.45) is 0. The van der Waals surface area contributed by atoms with Gasteiger partial charge >= 0.3 is 5.97 Å². The number of aromatic hydroxyl groups is 1. The number of hydrogen-bond donors (Lipinski definition) is 2. The van der Waals surface area contributed by atoms with Gasteiger partial charge < -0.3 is 10.2 Å². The molecule has 1 aromatic rings. The van der Waals surface area contributed by atoms with E-state index in [-0.39, 0.29) is 22.1 Å². The fourth-order valence-electron chi connectivity index (χ4n) is 2.48. The third kappa shape index (κ3) is 2.91. The molecule has 0 spiro atoms. The quantitative estimate of drug-likeness (QED) is 0.806. The first-order valence-corrected chi connectivity index (χ1v) is 6.48. The van der Waals surface area contributed by atoms with E-state index in [4.69, 9.17) is 0 Å². The Hall–Kier alpha value is -1.51. The maximum Gasteiger partial charge on any atom is 0.335 e. The van der Waals surface area contributed by atoms with Crippen LogP contribution in [0, 0.1) is 6.92 Å². The van der Waals surface area contributed by atoms with Crippen LogP contribution >= 0.6 is 0 Å². The molecule has 0 unspecified atom stereocenters. The van der Waals surface area contributed by atoms with E-state index in [1.165, 1.54) is 0 Å². The fourth-order valence-corrected chi connectivity index (χ4v) is 2.48. The number of carboxylic acid groups (broad SMARTS) is 1. The summed E-state index contributed by atoms with van der Waals surface area (Å²) in [6.45, 7) is 13.6. The number of rotatable bonds is 1. The molecule has 1 aromatic carbocycles. The second-order valence-corrected chi connectivity index (χ2v) is 7.13. The van der Waals surface area contributed by atoms with E-state index >= 15 is 0 Å². The zero-order valence-electron chi connectivity index (χ0n) is 12.9. The zero-order chi connectivity index (χ0) is 15.2. The topological polar surface area (TPSA) is 57.5 Å². The summed E-state index contributed by atoms with van der Waals surface area (Å²) in [5.74, 6) is -0.726. The number of phenolic OH excluding ortho intramolecular Hbond substituents is 1. The van der Waals surface area contributed by atoms with Gasteiger partial charge in [0.2, 0.25) is 0 Å². The summed E-state index contributed by atoms with van der Waals surface area (Å²) in [7, 11) is 0. The maximum absolute atomic E-state index is 11.4. The Morgan fingerprint density at radius 3 is 1.84 bits per heavy atom. The van der Waals surface area contributed by atoms with E-state index in [2.05, 4.69) is 0 Å². The molecular weight excluding hydrogens is 240 g/mol. The van der Waals surface area contributed by atoms with Crippen LogP contribution in [0.3, 0.4) is 0 Å². The van der Waals surface area contributed by atoms with Crippen LogP contribution in [-0.4, -0.2) is 16.2 Å². The first kappa shape index (κ1) is 15.5. The van der Waals surface area contributed by atoms with Crippen molar-refractivity contribution in [1.29, 1.82) is 0 Å². The van der Waals surface area contributed by atoms with Crippen molar-refractivity contribution in [2.45, 2.75) is 59.3 Å². The SMILES string of the molecule is Cc1c(C(=O)O)cc(C(C)(C)C)c(O)c1C(C)(C)C. The molecule has 0 aliphatic rings. The number of carbonyl (C=O) groups is 1. The van der Waals surface area contributed by atoms with Crippen LogP contribution in [-0.2, 0) is 10.8 Å². The van der Waals surface area contributed by atoms with Crippen LogP contribution in [0.5, 0.6) is 5.75 Å². The Balaban J connectivity index is 3.82. The lowest BCUT2D eigenvalue weighted by Crippen LogP contribution is -2.21. The first-order chi connectivity index (χ1) is 8.37. The Kier molecular flexibility index (Phi) is 3.72. The molecule has 0 saturated carbocycles. The van der Waals surface area contributed by atoms with Gasteiger partial charge in [-0.3, -0.25) is 0 Å². The van der Waals surface area contributed by atoms with Crippen LogP contribution in [0.15, 0.2) is 6.07 Å². The van der Waals surface area contributed by atoms with Gasteiger partial charge in [0.05, 0.1) is 5.56 Å². The van der Waals surface area contributed by atoms with E-state index in [0.717, 1.165) is 5.56 Å². The third-order valence-electron chi connectivity index (χ3n) is 3.35. The normalized spacial score (nSPS) is 12.6. The molecule has 0 amide bonds. The van der Waals surface area contributed by atoms with Crippen molar-refractivity contribution in [3.05, 3.63) is 28.3 Å². The van der Waals surface area contributed by atoms with Crippen LogP contribution < -0.4 is 0 Å². The highest BCUT2D eigenvalue weighted by atomic mass is 16.4. The van der Waals surface area contributed by atoms with Crippen molar-refractivity contribution in [2.75, 3.05) is 0 Å². The van der Waals surface area contributed by atoms with E-state index in [1.807, 2.05) is 41.5 Å². The lowest BCUT2D eigenvalue weighted by atomic mass is 9.76. The molecule has 0 radical (unpaired) electrons. The summed E-state index contributed by atoms with van der Waals surface area (Å²) in [4.78, 5) is 11.4. The number of aromatic carboxylic acids is 1. The first-order valence-electron chi connectivity index (χ1n) is 6.48. The minimum absolute atomic E-state index is 0.225. The second kappa shape index (κ2) is 4.55. The zero-order valence-corrected chi connectivity index (χ0v) is 12.9. The molecule has 0 aliphatic heterocycles. The average molecular weight is 264 g/mol. The van der Waals surface area contributed by atoms with Crippen molar-refractivity contribution in [2.24, 2.45) is 0 Å². The highest BCUT2D eigenvalue weighted by molar-refractivity contribution is 5.91. The Morgan fingerprint density at radius 2 is 1.53 bits per heavy atom. The van der Waals surface area contributed by atoms with Crippen LogP contribution in [0.4, 0.5) is 0 Å². The fraction of sp³-hybridized carbons (Fsp3) is 0.562. The van der Waals surface area contributed by atoms with Crippen molar-refractivity contribution in [3.8, 4) is 5.75 Å². The highest BCUT2D eigenvalue weighted by Gasteiger charge is 2.30. The largest absolute Gasteiger partial charge is 0.507 e. The van der Waals surface area contributed by atoms with Gasteiger partial charge in [-0.15, -0.1) is 0 Å². The molecule has 0 fully saturated rings.